The summed E-state index contributed by atoms with van der Waals surface area (Å²) in [6.45, 7) is 1.13. The van der Waals surface area contributed by atoms with Gasteiger partial charge in [0.15, 0.2) is 0 Å². The standard InChI is InChI=1S/C10H12ClN3O2/c11-9-8(5-7(12)6-13-9)10(15)14-3-1-2-4-16-14/h5-6H,1-4,12H2. The van der Waals surface area contributed by atoms with E-state index in [9.17, 15) is 4.79 Å². The molecule has 1 fully saturated rings. The highest BCUT2D eigenvalue weighted by atomic mass is 35.5. The highest BCUT2D eigenvalue weighted by Crippen LogP contribution is 2.19. The van der Waals surface area contributed by atoms with Gasteiger partial charge in [-0.1, -0.05) is 11.6 Å². The molecule has 5 nitrogen and oxygen atoms in total. The Hall–Kier alpha value is -1.33. The number of nitrogens with two attached hydrogens (primary N) is 1. The fraction of sp³-hybridized carbons (Fsp3) is 0.400. The molecule has 1 amide bonds. The molecule has 0 bridgehead atoms. The van der Waals surface area contributed by atoms with Gasteiger partial charge in [0.05, 0.1) is 24.1 Å². The summed E-state index contributed by atoms with van der Waals surface area (Å²) in [4.78, 5) is 21.1. The van der Waals surface area contributed by atoms with Crippen LogP contribution in [-0.4, -0.2) is 29.1 Å². The molecule has 1 saturated heterocycles. The first-order chi connectivity index (χ1) is 7.68. The van der Waals surface area contributed by atoms with Crippen LogP contribution in [0.5, 0.6) is 0 Å². The van der Waals surface area contributed by atoms with Crippen molar-refractivity contribution in [2.45, 2.75) is 12.8 Å². The third-order valence-corrected chi connectivity index (χ3v) is 2.62. The molecule has 16 heavy (non-hydrogen) atoms. The Morgan fingerprint density at radius 3 is 3.06 bits per heavy atom. The van der Waals surface area contributed by atoms with Gasteiger partial charge in [0.1, 0.15) is 5.15 Å². The van der Waals surface area contributed by atoms with Crippen LogP contribution in [0.3, 0.4) is 0 Å². The second kappa shape index (κ2) is 4.67. The van der Waals surface area contributed by atoms with E-state index in [1.165, 1.54) is 17.3 Å². The minimum Gasteiger partial charge on any atom is -0.397 e. The molecule has 0 aliphatic carbocycles. The van der Waals surface area contributed by atoms with Crippen molar-refractivity contribution in [3.05, 3.63) is 23.0 Å². The number of anilines is 1. The number of pyridine rings is 1. The summed E-state index contributed by atoms with van der Waals surface area (Å²) in [6, 6.07) is 1.51. The molecule has 6 heteroatoms. The number of aromatic nitrogens is 1. The van der Waals surface area contributed by atoms with E-state index in [0.717, 1.165) is 12.8 Å². The zero-order valence-electron chi connectivity index (χ0n) is 8.65. The summed E-state index contributed by atoms with van der Waals surface area (Å²) in [7, 11) is 0. The van der Waals surface area contributed by atoms with Crippen molar-refractivity contribution in [1.82, 2.24) is 10.0 Å². The fourth-order valence-electron chi connectivity index (χ4n) is 1.51. The van der Waals surface area contributed by atoms with Crippen LogP contribution in [0.2, 0.25) is 5.15 Å². The number of nitrogen functional groups attached to an aromatic ring is 1. The van der Waals surface area contributed by atoms with Gasteiger partial charge in [0, 0.05) is 6.54 Å². The lowest BCUT2D eigenvalue weighted by atomic mass is 10.2. The van der Waals surface area contributed by atoms with Crippen LogP contribution < -0.4 is 5.73 Å². The van der Waals surface area contributed by atoms with Crippen LogP contribution in [0.1, 0.15) is 23.2 Å². The van der Waals surface area contributed by atoms with E-state index in [2.05, 4.69) is 4.98 Å². The third kappa shape index (κ3) is 2.25. The molecule has 1 aliphatic rings. The molecule has 2 rings (SSSR count). The fourth-order valence-corrected chi connectivity index (χ4v) is 1.69. The molecule has 1 aliphatic heterocycles. The number of rotatable bonds is 1. The Labute approximate surface area is 98.1 Å². The first kappa shape index (κ1) is 11.2. The first-order valence-corrected chi connectivity index (χ1v) is 5.42. The number of hydroxylamine groups is 2. The number of hydrogen-bond acceptors (Lipinski definition) is 4. The molecule has 0 saturated carbocycles. The van der Waals surface area contributed by atoms with Gasteiger partial charge in [-0.15, -0.1) is 0 Å². The van der Waals surface area contributed by atoms with Crippen LogP contribution in [0.4, 0.5) is 5.69 Å². The Morgan fingerprint density at radius 2 is 2.38 bits per heavy atom. The van der Waals surface area contributed by atoms with Crippen molar-refractivity contribution >= 4 is 23.2 Å². The van der Waals surface area contributed by atoms with E-state index in [4.69, 9.17) is 22.2 Å². The van der Waals surface area contributed by atoms with Crippen molar-refractivity contribution < 1.29 is 9.63 Å². The number of hydrogen-bond donors (Lipinski definition) is 1. The average Bonchev–Trinajstić information content (AvgIpc) is 2.32. The van der Waals surface area contributed by atoms with Gasteiger partial charge in [0.25, 0.3) is 5.91 Å². The summed E-state index contributed by atoms with van der Waals surface area (Å²) >= 11 is 5.84. The van der Waals surface area contributed by atoms with E-state index < -0.39 is 0 Å². The van der Waals surface area contributed by atoms with Gasteiger partial charge >= 0.3 is 0 Å². The average molecular weight is 242 g/mol. The number of halogens is 1. The lowest BCUT2D eigenvalue weighted by molar-refractivity contribution is -0.144. The normalized spacial score (nSPS) is 16.2. The molecule has 1 aromatic rings. The first-order valence-electron chi connectivity index (χ1n) is 5.04. The van der Waals surface area contributed by atoms with Crippen LogP contribution in [0.15, 0.2) is 12.3 Å². The quantitative estimate of drug-likeness (QED) is 0.757. The number of nitrogens with zero attached hydrogens (tertiary/aromatic N) is 2. The van der Waals surface area contributed by atoms with E-state index in [-0.39, 0.29) is 16.6 Å². The van der Waals surface area contributed by atoms with Crippen molar-refractivity contribution in [3.8, 4) is 0 Å². The molecule has 1 aromatic heterocycles. The van der Waals surface area contributed by atoms with Crippen LogP contribution in [0, 0.1) is 0 Å². The van der Waals surface area contributed by atoms with Crippen LogP contribution in [-0.2, 0) is 4.84 Å². The molecule has 0 radical (unpaired) electrons. The Bertz CT molecular complexity index is 405. The molecule has 0 spiro atoms. The van der Waals surface area contributed by atoms with Gasteiger partial charge in [-0.3, -0.25) is 9.63 Å². The van der Waals surface area contributed by atoms with Crippen molar-refractivity contribution in [2.75, 3.05) is 18.9 Å². The SMILES string of the molecule is Nc1cnc(Cl)c(C(=O)N2CCCCO2)c1. The third-order valence-electron chi connectivity index (χ3n) is 2.32. The predicted molar refractivity (Wildman–Crippen MR) is 59.9 cm³/mol. The molecule has 0 unspecified atom stereocenters. The monoisotopic (exact) mass is 241 g/mol. The number of carbonyl (C=O) groups is 1. The van der Waals surface area contributed by atoms with Gasteiger partial charge < -0.3 is 5.73 Å². The Balaban J connectivity index is 2.22. The molecule has 86 valence electrons. The maximum atomic E-state index is 12.0. The number of carbonyl (C=O) groups excluding carboxylic acids is 1. The predicted octanol–water partition coefficient (Wildman–Crippen LogP) is 1.48. The second-order valence-electron chi connectivity index (χ2n) is 3.55. The molecule has 0 aromatic carbocycles. The summed E-state index contributed by atoms with van der Waals surface area (Å²) < 4.78 is 0. The second-order valence-corrected chi connectivity index (χ2v) is 3.91. The van der Waals surface area contributed by atoms with E-state index in [1.807, 2.05) is 0 Å². The van der Waals surface area contributed by atoms with Gasteiger partial charge in [0.2, 0.25) is 0 Å². The number of amides is 1. The molecule has 0 atom stereocenters. The lowest BCUT2D eigenvalue weighted by Gasteiger charge is -2.26. The topological polar surface area (TPSA) is 68.5 Å². The summed E-state index contributed by atoms with van der Waals surface area (Å²) in [5, 5.41) is 1.46. The maximum Gasteiger partial charge on any atom is 0.280 e. The lowest BCUT2D eigenvalue weighted by Crippen LogP contribution is -2.36. The smallest absolute Gasteiger partial charge is 0.280 e. The molecular weight excluding hydrogens is 230 g/mol. The summed E-state index contributed by atoms with van der Waals surface area (Å²) in [6.07, 6.45) is 3.31. The molecular formula is C10H12ClN3O2. The molecule has 2 N–H and O–H groups in total. The van der Waals surface area contributed by atoms with Gasteiger partial charge in [-0.2, -0.15) is 0 Å². The highest BCUT2D eigenvalue weighted by molar-refractivity contribution is 6.32. The van der Waals surface area contributed by atoms with E-state index in [1.54, 1.807) is 0 Å². The largest absolute Gasteiger partial charge is 0.397 e. The summed E-state index contributed by atoms with van der Waals surface area (Å²) in [5.41, 5.74) is 6.25. The van der Waals surface area contributed by atoms with E-state index >= 15 is 0 Å². The Morgan fingerprint density at radius 1 is 1.56 bits per heavy atom. The zero-order valence-corrected chi connectivity index (χ0v) is 9.41. The van der Waals surface area contributed by atoms with Gasteiger partial charge in [-0.05, 0) is 18.9 Å². The highest BCUT2D eigenvalue weighted by Gasteiger charge is 2.22. The van der Waals surface area contributed by atoms with Crippen LogP contribution in [0.25, 0.3) is 0 Å². The minimum absolute atomic E-state index is 0.147. The van der Waals surface area contributed by atoms with Crippen molar-refractivity contribution in [3.63, 3.8) is 0 Å². The van der Waals surface area contributed by atoms with Crippen molar-refractivity contribution in [1.29, 1.82) is 0 Å². The minimum atomic E-state index is -0.287. The maximum absolute atomic E-state index is 12.0. The van der Waals surface area contributed by atoms with Crippen LogP contribution >= 0.6 is 11.6 Å². The summed E-state index contributed by atoms with van der Waals surface area (Å²) in [5.74, 6) is -0.287. The molecule has 2 heterocycles. The van der Waals surface area contributed by atoms with Gasteiger partial charge in [-0.25, -0.2) is 10.0 Å². The van der Waals surface area contributed by atoms with Crippen molar-refractivity contribution in [2.24, 2.45) is 0 Å². The Kier molecular flexibility index (Phi) is 3.26. The van der Waals surface area contributed by atoms with E-state index in [0.29, 0.717) is 18.8 Å². The zero-order chi connectivity index (χ0) is 11.5.